The maximum absolute atomic E-state index is 11.2. The summed E-state index contributed by atoms with van der Waals surface area (Å²) in [6, 6.07) is 15.7. The quantitative estimate of drug-likeness (QED) is 0.769. The van der Waals surface area contributed by atoms with Gasteiger partial charge in [-0.1, -0.05) is 54.9 Å². The largest absolute Gasteiger partial charge is 0.465 e. The Kier molecular flexibility index (Phi) is 5.07. The molecule has 3 N–H and O–H groups in total. The molecule has 0 heterocycles. The lowest BCUT2D eigenvalue weighted by atomic mass is 10.0. The number of hydrogen-bond acceptors (Lipinski definition) is 2. The van der Waals surface area contributed by atoms with E-state index in [0.717, 1.165) is 23.6 Å². The van der Waals surface area contributed by atoms with Gasteiger partial charge in [0.2, 0.25) is 0 Å². The van der Waals surface area contributed by atoms with E-state index in [-0.39, 0.29) is 12.1 Å². The topological polar surface area (TPSA) is 61.4 Å². The fourth-order valence-electron chi connectivity index (χ4n) is 3.33. The van der Waals surface area contributed by atoms with Crippen molar-refractivity contribution in [2.75, 3.05) is 6.54 Å². The Labute approximate surface area is 146 Å². The zero-order valence-corrected chi connectivity index (χ0v) is 14.3. The van der Waals surface area contributed by atoms with Crippen LogP contribution in [0.1, 0.15) is 35.6 Å². The molecule has 0 spiro atoms. The van der Waals surface area contributed by atoms with E-state index in [2.05, 4.69) is 23.6 Å². The van der Waals surface area contributed by atoms with Crippen LogP contribution in [0.15, 0.2) is 48.5 Å². The SMILES string of the molecule is CC(CN[C@H]1Cc2ccccc2[C@@H]1NC(=O)O)c1ccc(Cl)cc1. The number of carboxylic acid groups (broad SMARTS) is 1. The zero-order chi connectivity index (χ0) is 17.1. The monoisotopic (exact) mass is 344 g/mol. The standard InChI is InChI=1S/C19H21ClN2O2/c1-12(13-6-8-15(20)9-7-13)11-21-17-10-14-4-2-3-5-16(14)18(17)22-19(23)24/h2-9,12,17-18,21-22H,10-11H2,1H3,(H,23,24)/t12?,17-,18-/m0/s1. The third kappa shape index (κ3) is 3.71. The second kappa shape index (κ2) is 7.24. The van der Waals surface area contributed by atoms with E-state index in [1.807, 2.05) is 42.5 Å². The first-order valence-electron chi connectivity index (χ1n) is 8.10. The van der Waals surface area contributed by atoms with Crippen molar-refractivity contribution < 1.29 is 9.90 Å². The minimum atomic E-state index is -0.991. The second-order valence-corrected chi connectivity index (χ2v) is 6.73. The number of nitrogens with one attached hydrogen (secondary N) is 2. The van der Waals surface area contributed by atoms with E-state index in [4.69, 9.17) is 16.7 Å². The molecule has 2 aromatic rings. The van der Waals surface area contributed by atoms with Crippen molar-refractivity contribution in [1.82, 2.24) is 10.6 Å². The molecule has 1 aliphatic rings. The first-order chi connectivity index (χ1) is 11.5. The fourth-order valence-corrected chi connectivity index (χ4v) is 3.46. The van der Waals surface area contributed by atoms with Gasteiger partial charge in [-0.15, -0.1) is 0 Å². The maximum atomic E-state index is 11.2. The normalized spacial score (nSPS) is 20.4. The summed E-state index contributed by atoms with van der Waals surface area (Å²) in [7, 11) is 0. The van der Waals surface area contributed by atoms with E-state index in [9.17, 15) is 4.79 Å². The smallest absolute Gasteiger partial charge is 0.405 e. The van der Waals surface area contributed by atoms with E-state index in [1.165, 1.54) is 11.1 Å². The lowest BCUT2D eigenvalue weighted by Crippen LogP contribution is -2.42. The van der Waals surface area contributed by atoms with Gasteiger partial charge in [0.1, 0.15) is 0 Å². The van der Waals surface area contributed by atoms with Crippen molar-refractivity contribution in [2.24, 2.45) is 0 Å². The highest BCUT2D eigenvalue weighted by molar-refractivity contribution is 6.30. The van der Waals surface area contributed by atoms with Crippen LogP contribution in [0.4, 0.5) is 4.79 Å². The second-order valence-electron chi connectivity index (χ2n) is 6.30. The van der Waals surface area contributed by atoms with Crippen LogP contribution >= 0.6 is 11.6 Å². The number of rotatable bonds is 5. The highest BCUT2D eigenvalue weighted by Crippen LogP contribution is 2.31. The molecule has 1 unspecified atom stereocenters. The molecule has 2 aromatic carbocycles. The summed E-state index contributed by atoms with van der Waals surface area (Å²) in [6.45, 7) is 2.93. The summed E-state index contributed by atoms with van der Waals surface area (Å²) in [6.07, 6.45) is -0.164. The molecule has 24 heavy (non-hydrogen) atoms. The van der Waals surface area contributed by atoms with E-state index < -0.39 is 6.09 Å². The van der Waals surface area contributed by atoms with Crippen LogP contribution in [0.25, 0.3) is 0 Å². The Bertz CT molecular complexity index is 718. The molecule has 0 saturated carbocycles. The summed E-state index contributed by atoms with van der Waals surface area (Å²) >= 11 is 5.94. The lowest BCUT2D eigenvalue weighted by Gasteiger charge is -2.24. The van der Waals surface area contributed by atoms with Gasteiger partial charge in [-0.25, -0.2) is 4.79 Å². The van der Waals surface area contributed by atoms with Crippen LogP contribution in [0, 0.1) is 0 Å². The van der Waals surface area contributed by atoms with Crippen molar-refractivity contribution >= 4 is 17.7 Å². The average molecular weight is 345 g/mol. The molecule has 0 fully saturated rings. The average Bonchev–Trinajstić information content (AvgIpc) is 2.90. The van der Waals surface area contributed by atoms with Gasteiger partial charge in [-0.2, -0.15) is 0 Å². The minimum absolute atomic E-state index is 0.0632. The first-order valence-corrected chi connectivity index (χ1v) is 8.48. The van der Waals surface area contributed by atoms with Crippen molar-refractivity contribution in [3.8, 4) is 0 Å². The minimum Gasteiger partial charge on any atom is -0.465 e. The van der Waals surface area contributed by atoms with E-state index in [1.54, 1.807) is 0 Å². The zero-order valence-electron chi connectivity index (χ0n) is 13.5. The van der Waals surface area contributed by atoms with Crippen molar-refractivity contribution in [3.05, 3.63) is 70.2 Å². The lowest BCUT2D eigenvalue weighted by molar-refractivity contribution is 0.187. The van der Waals surface area contributed by atoms with Gasteiger partial charge in [-0.3, -0.25) is 0 Å². The molecule has 0 radical (unpaired) electrons. The van der Waals surface area contributed by atoms with Crippen LogP contribution in [0.2, 0.25) is 5.02 Å². The summed E-state index contributed by atoms with van der Waals surface area (Å²) in [5.41, 5.74) is 3.48. The molecule has 0 aromatic heterocycles. The summed E-state index contributed by atoms with van der Waals surface area (Å²) in [5.74, 6) is 0.316. The van der Waals surface area contributed by atoms with Crippen LogP contribution in [0.5, 0.6) is 0 Å². The van der Waals surface area contributed by atoms with Crippen molar-refractivity contribution in [1.29, 1.82) is 0 Å². The molecule has 0 saturated heterocycles. The third-order valence-electron chi connectivity index (χ3n) is 4.64. The van der Waals surface area contributed by atoms with E-state index in [0.29, 0.717) is 5.92 Å². The fraction of sp³-hybridized carbons (Fsp3) is 0.316. The van der Waals surface area contributed by atoms with Gasteiger partial charge in [0.25, 0.3) is 0 Å². The molecule has 3 rings (SSSR count). The molecule has 0 aliphatic heterocycles. The number of benzene rings is 2. The van der Waals surface area contributed by atoms with Gasteiger partial charge in [0.05, 0.1) is 6.04 Å². The van der Waals surface area contributed by atoms with Crippen LogP contribution in [-0.2, 0) is 6.42 Å². The third-order valence-corrected chi connectivity index (χ3v) is 4.89. The van der Waals surface area contributed by atoms with Gasteiger partial charge in [0.15, 0.2) is 0 Å². The molecule has 3 atom stereocenters. The van der Waals surface area contributed by atoms with Gasteiger partial charge in [0, 0.05) is 17.6 Å². The number of hydrogen-bond donors (Lipinski definition) is 3. The maximum Gasteiger partial charge on any atom is 0.405 e. The number of fused-ring (bicyclic) bond motifs is 1. The number of carbonyl (C=O) groups is 1. The summed E-state index contributed by atoms with van der Waals surface area (Å²) in [5, 5.41) is 16.1. The Morgan fingerprint density at radius 1 is 1.25 bits per heavy atom. The van der Waals surface area contributed by atoms with Crippen molar-refractivity contribution in [2.45, 2.75) is 31.3 Å². The molecule has 0 bridgehead atoms. The molecule has 1 amide bonds. The van der Waals surface area contributed by atoms with Crippen molar-refractivity contribution in [3.63, 3.8) is 0 Å². The predicted octanol–water partition coefficient (Wildman–Crippen LogP) is 3.97. The van der Waals surface area contributed by atoms with Crippen LogP contribution in [0.3, 0.4) is 0 Å². The molecule has 126 valence electrons. The molecular weight excluding hydrogens is 324 g/mol. The molecule has 4 nitrogen and oxygen atoms in total. The van der Waals surface area contributed by atoms with Gasteiger partial charge >= 0.3 is 6.09 Å². The summed E-state index contributed by atoms with van der Waals surface area (Å²) in [4.78, 5) is 11.2. The van der Waals surface area contributed by atoms with Crippen LogP contribution in [-0.4, -0.2) is 23.8 Å². The van der Waals surface area contributed by atoms with Crippen LogP contribution < -0.4 is 10.6 Å². The number of halogens is 1. The molecule has 5 heteroatoms. The van der Waals surface area contributed by atoms with E-state index >= 15 is 0 Å². The first kappa shape index (κ1) is 16.8. The summed E-state index contributed by atoms with van der Waals surface area (Å²) < 4.78 is 0. The Hall–Kier alpha value is -2.04. The Balaban J connectivity index is 1.67. The predicted molar refractivity (Wildman–Crippen MR) is 95.7 cm³/mol. The number of amides is 1. The molecule has 1 aliphatic carbocycles. The Morgan fingerprint density at radius 3 is 2.67 bits per heavy atom. The highest BCUT2D eigenvalue weighted by Gasteiger charge is 2.33. The highest BCUT2D eigenvalue weighted by atomic mass is 35.5. The van der Waals surface area contributed by atoms with Gasteiger partial charge in [-0.05, 0) is 41.2 Å². The van der Waals surface area contributed by atoms with Gasteiger partial charge < -0.3 is 15.7 Å². The molecular formula is C19H21ClN2O2. The Morgan fingerprint density at radius 2 is 1.96 bits per heavy atom.